The first-order valence-electron chi connectivity index (χ1n) is 7.86. The van der Waals surface area contributed by atoms with Crippen LogP contribution in [0.3, 0.4) is 0 Å². The molecule has 1 aromatic rings. The van der Waals surface area contributed by atoms with E-state index in [0.29, 0.717) is 12.0 Å². The molecule has 1 aliphatic rings. The van der Waals surface area contributed by atoms with Crippen molar-refractivity contribution in [3.05, 3.63) is 17.5 Å². The average Bonchev–Trinajstić information content (AvgIpc) is 2.78. The van der Waals surface area contributed by atoms with Crippen LogP contribution in [0, 0.1) is 5.92 Å². The van der Waals surface area contributed by atoms with Gasteiger partial charge in [0.25, 0.3) is 0 Å². The fraction of sp³-hybridized carbons (Fsp3) is 0.812. The number of nitrogens with one attached hydrogen (secondary N) is 1. The van der Waals surface area contributed by atoms with Gasteiger partial charge in [-0.1, -0.05) is 27.2 Å². The lowest BCUT2D eigenvalue weighted by Gasteiger charge is -2.28. The number of rotatable bonds is 5. The van der Waals surface area contributed by atoms with E-state index in [1.807, 2.05) is 11.7 Å². The van der Waals surface area contributed by atoms with E-state index < -0.39 is 0 Å². The summed E-state index contributed by atoms with van der Waals surface area (Å²) in [5.41, 5.74) is 2.62. The number of aromatic nitrogens is 2. The SMILES string of the molecule is CCC1CCC(NCc2cn(C)nc2C(C)C)CC1. The highest BCUT2D eigenvalue weighted by molar-refractivity contribution is 5.20. The van der Waals surface area contributed by atoms with Gasteiger partial charge in [-0.2, -0.15) is 5.10 Å². The van der Waals surface area contributed by atoms with E-state index in [-0.39, 0.29) is 0 Å². The quantitative estimate of drug-likeness (QED) is 0.879. The molecule has 0 unspecified atom stereocenters. The lowest BCUT2D eigenvalue weighted by atomic mass is 9.84. The van der Waals surface area contributed by atoms with Crippen LogP contribution in [0.4, 0.5) is 0 Å². The van der Waals surface area contributed by atoms with Crippen molar-refractivity contribution < 1.29 is 0 Å². The zero-order valence-corrected chi connectivity index (χ0v) is 12.9. The van der Waals surface area contributed by atoms with Crippen LogP contribution in [0.25, 0.3) is 0 Å². The van der Waals surface area contributed by atoms with E-state index in [1.165, 1.54) is 43.4 Å². The summed E-state index contributed by atoms with van der Waals surface area (Å²) in [5.74, 6) is 1.48. The minimum absolute atomic E-state index is 0.508. The van der Waals surface area contributed by atoms with Gasteiger partial charge < -0.3 is 5.32 Å². The largest absolute Gasteiger partial charge is 0.310 e. The zero-order valence-electron chi connectivity index (χ0n) is 12.9. The Bertz CT molecular complexity index is 387. The molecule has 0 aromatic carbocycles. The van der Waals surface area contributed by atoms with Crippen molar-refractivity contribution in [2.24, 2.45) is 13.0 Å². The van der Waals surface area contributed by atoms with E-state index in [4.69, 9.17) is 0 Å². The monoisotopic (exact) mass is 263 g/mol. The van der Waals surface area contributed by atoms with Crippen molar-refractivity contribution in [3.63, 3.8) is 0 Å². The normalized spacial score (nSPS) is 24.1. The van der Waals surface area contributed by atoms with Gasteiger partial charge in [-0.15, -0.1) is 0 Å². The van der Waals surface area contributed by atoms with Gasteiger partial charge in [-0.05, 0) is 37.5 Å². The second kappa shape index (κ2) is 6.56. The molecule has 0 radical (unpaired) electrons. The van der Waals surface area contributed by atoms with Crippen molar-refractivity contribution in [3.8, 4) is 0 Å². The first kappa shape index (κ1) is 14.6. The summed E-state index contributed by atoms with van der Waals surface area (Å²) in [7, 11) is 2.02. The van der Waals surface area contributed by atoms with Gasteiger partial charge in [0, 0.05) is 31.4 Å². The maximum Gasteiger partial charge on any atom is 0.0694 e. The van der Waals surface area contributed by atoms with Crippen molar-refractivity contribution in [1.29, 1.82) is 0 Å². The summed E-state index contributed by atoms with van der Waals surface area (Å²) in [6.45, 7) is 7.74. The van der Waals surface area contributed by atoms with Crippen LogP contribution in [0.5, 0.6) is 0 Å². The van der Waals surface area contributed by atoms with Crippen LogP contribution in [0.1, 0.15) is 70.1 Å². The number of hydrogen-bond donors (Lipinski definition) is 1. The molecule has 19 heavy (non-hydrogen) atoms. The van der Waals surface area contributed by atoms with E-state index >= 15 is 0 Å². The Morgan fingerprint density at radius 1 is 1.32 bits per heavy atom. The maximum atomic E-state index is 4.58. The van der Waals surface area contributed by atoms with Gasteiger partial charge in [0.05, 0.1) is 5.69 Å². The lowest BCUT2D eigenvalue weighted by molar-refractivity contribution is 0.285. The summed E-state index contributed by atoms with van der Waals surface area (Å²) in [6.07, 6.45) is 9.01. The minimum Gasteiger partial charge on any atom is -0.310 e. The van der Waals surface area contributed by atoms with Gasteiger partial charge in [0.1, 0.15) is 0 Å². The molecule has 1 saturated carbocycles. The Balaban J connectivity index is 1.86. The van der Waals surface area contributed by atoms with Gasteiger partial charge in [0.2, 0.25) is 0 Å². The first-order valence-corrected chi connectivity index (χ1v) is 7.86. The molecule has 3 nitrogen and oxygen atoms in total. The molecule has 0 amide bonds. The zero-order chi connectivity index (χ0) is 13.8. The Labute approximate surface area is 117 Å². The number of nitrogens with zero attached hydrogens (tertiary/aromatic N) is 2. The highest BCUT2D eigenvalue weighted by Gasteiger charge is 2.20. The van der Waals surface area contributed by atoms with Gasteiger partial charge >= 0.3 is 0 Å². The predicted octanol–water partition coefficient (Wildman–Crippen LogP) is 3.60. The second-order valence-corrected chi connectivity index (χ2v) is 6.37. The Hall–Kier alpha value is -0.830. The number of aryl methyl sites for hydroxylation is 1. The van der Waals surface area contributed by atoms with Gasteiger partial charge in [-0.3, -0.25) is 4.68 Å². The van der Waals surface area contributed by atoms with Gasteiger partial charge in [0.15, 0.2) is 0 Å². The van der Waals surface area contributed by atoms with Crippen LogP contribution < -0.4 is 5.32 Å². The second-order valence-electron chi connectivity index (χ2n) is 6.37. The lowest BCUT2D eigenvalue weighted by Crippen LogP contribution is -2.32. The molecule has 108 valence electrons. The van der Waals surface area contributed by atoms with Crippen molar-refractivity contribution in [2.45, 2.75) is 71.4 Å². The van der Waals surface area contributed by atoms with E-state index in [9.17, 15) is 0 Å². The third-order valence-corrected chi connectivity index (χ3v) is 4.49. The molecule has 0 aliphatic heterocycles. The van der Waals surface area contributed by atoms with E-state index in [0.717, 1.165) is 12.5 Å². The Kier molecular flexibility index (Phi) is 5.03. The average molecular weight is 263 g/mol. The van der Waals surface area contributed by atoms with Crippen molar-refractivity contribution in [1.82, 2.24) is 15.1 Å². The Morgan fingerprint density at radius 2 is 2.00 bits per heavy atom. The molecule has 2 rings (SSSR count). The molecule has 0 bridgehead atoms. The number of hydrogen-bond acceptors (Lipinski definition) is 2. The molecule has 1 N–H and O–H groups in total. The molecule has 1 heterocycles. The summed E-state index contributed by atoms with van der Waals surface area (Å²) < 4.78 is 1.94. The van der Waals surface area contributed by atoms with Crippen molar-refractivity contribution >= 4 is 0 Å². The fourth-order valence-electron chi connectivity index (χ4n) is 3.21. The molecule has 1 fully saturated rings. The summed E-state index contributed by atoms with van der Waals surface area (Å²) in [4.78, 5) is 0. The van der Waals surface area contributed by atoms with Crippen LogP contribution in [0.15, 0.2) is 6.20 Å². The minimum atomic E-state index is 0.508. The molecule has 1 aromatic heterocycles. The summed E-state index contributed by atoms with van der Waals surface area (Å²) >= 11 is 0. The molecular formula is C16H29N3. The van der Waals surface area contributed by atoms with E-state index in [1.54, 1.807) is 0 Å². The fourth-order valence-corrected chi connectivity index (χ4v) is 3.21. The Morgan fingerprint density at radius 3 is 2.58 bits per heavy atom. The summed E-state index contributed by atoms with van der Waals surface area (Å²) in [5, 5.41) is 8.31. The third-order valence-electron chi connectivity index (χ3n) is 4.49. The maximum absolute atomic E-state index is 4.58. The molecule has 3 heteroatoms. The summed E-state index contributed by atoms with van der Waals surface area (Å²) in [6, 6.07) is 0.711. The molecule has 0 atom stereocenters. The smallest absolute Gasteiger partial charge is 0.0694 e. The van der Waals surface area contributed by atoms with E-state index in [2.05, 4.69) is 37.4 Å². The molecular weight excluding hydrogens is 234 g/mol. The highest BCUT2D eigenvalue weighted by atomic mass is 15.3. The van der Waals surface area contributed by atoms with Crippen LogP contribution in [0.2, 0.25) is 0 Å². The molecule has 1 aliphatic carbocycles. The predicted molar refractivity (Wildman–Crippen MR) is 80.2 cm³/mol. The highest BCUT2D eigenvalue weighted by Crippen LogP contribution is 2.27. The van der Waals surface area contributed by atoms with Gasteiger partial charge in [-0.25, -0.2) is 0 Å². The van der Waals surface area contributed by atoms with Crippen LogP contribution >= 0.6 is 0 Å². The third kappa shape index (κ3) is 3.82. The van der Waals surface area contributed by atoms with Crippen molar-refractivity contribution in [2.75, 3.05) is 0 Å². The molecule has 0 saturated heterocycles. The topological polar surface area (TPSA) is 29.9 Å². The first-order chi connectivity index (χ1) is 9.10. The van der Waals surface area contributed by atoms with Crippen LogP contribution in [-0.4, -0.2) is 15.8 Å². The van der Waals surface area contributed by atoms with Crippen LogP contribution in [-0.2, 0) is 13.6 Å². The standard InChI is InChI=1S/C16H29N3/c1-5-13-6-8-15(9-7-13)17-10-14-11-19(4)18-16(14)12(2)3/h11-13,15,17H,5-10H2,1-4H3. The molecule has 0 spiro atoms.